The van der Waals surface area contributed by atoms with Gasteiger partial charge in [-0.2, -0.15) is 0 Å². The first-order chi connectivity index (χ1) is 6.57. The van der Waals surface area contributed by atoms with Crippen LogP contribution in [-0.4, -0.2) is 6.67 Å². The van der Waals surface area contributed by atoms with Gasteiger partial charge in [-0.3, -0.25) is 4.39 Å². The monoisotopic (exact) mass is 223 g/mol. The molecule has 0 bridgehead atoms. The largest absolute Gasteiger partial charge is 0.324 e. The maximum atomic E-state index is 13.2. The van der Waals surface area contributed by atoms with Gasteiger partial charge in [0.1, 0.15) is 11.6 Å². The molecule has 0 saturated carbocycles. The molecular formula is C9H9ClF3N. The molecule has 0 radical (unpaired) electrons. The zero-order chi connectivity index (χ0) is 10.7. The van der Waals surface area contributed by atoms with Crippen LogP contribution in [0.1, 0.15) is 18.0 Å². The van der Waals surface area contributed by atoms with E-state index < -0.39 is 24.4 Å². The topological polar surface area (TPSA) is 26.0 Å². The Morgan fingerprint density at radius 1 is 1.29 bits per heavy atom. The van der Waals surface area contributed by atoms with Crippen molar-refractivity contribution >= 4 is 11.6 Å². The molecule has 1 rings (SSSR count). The number of alkyl halides is 1. The zero-order valence-corrected chi connectivity index (χ0v) is 7.99. The standard InChI is InChI=1S/C9H9ClF3N/c10-9-6(13)2-1-5(12)8(9)7(14)3-4-11/h1-2,7H,3-4,14H2/t7-/m0/s1. The van der Waals surface area contributed by atoms with Gasteiger partial charge >= 0.3 is 0 Å². The van der Waals surface area contributed by atoms with Gasteiger partial charge in [-0.15, -0.1) is 0 Å². The highest BCUT2D eigenvalue weighted by atomic mass is 35.5. The summed E-state index contributed by atoms with van der Waals surface area (Å²) in [6.45, 7) is -0.701. The summed E-state index contributed by atoms with van der Waals surface area (Å²) in [7, 11) is 0. The Bertz CT molecular complexity index is 330. The molecule has 1 aromatic carbocycles. The van der Waals surface area contributed by atoms with Crippen molar-refractivity contribution in [3.63, 3.8) is 0 Å². The van der Waals surface area contributed by atoms with Crippen LogP contribution in [0.2, 0.25) is 5.02 Å². The summed E-state index contributed by atoms with van der Waals surface area (Å²) in [5, 5.41) is -0.369. The van der Waals surface area contributed by atoms with Gasteiger partial charge in [0.2, 0.25) is 0 Å². The maximum absolute atomic E-state index is 13.2. The van der Waals surface area contributed by atoms with Crippen LogP contribution in [0.5, 0.6) is 0 Å². The van der Waals surface area contributed by atoms with Crippen molar-refractivity contribution in [2.75, 3.05) is 6.67 Å². The first kappa shape index (κ1) is 11.3. The zero-order valence-electron chi connectivity index (χ0n) is 7.24. The highest BCUT2D eigenvalue weighted by Crippen LogP contribution is 2.28. The number of nitrogens with two attached hydrogens (primary N) is 1. The van der Waals surface area contributed by atoms with E-state index in [0.29, 0.717) is 0 Å². The molecule has 1 aromatic rings. The van der Waals surface area contributed by atoms with E-state index in [1.165, 1.54) is 0 Å². The first-order valence-corrected chi connectivity index (χ1v) is 4.40. The normalized spacial score (nSPS) is 12.9. The summed E-state index contributed by atoms with van der Waals surface area (Å²) in [6.07, 6.45) is -0.0832. The molecule has 78 valence electrons. The number of halogens is 4. The summed E-state index contributed by atoms with van der Waals surface area (Å²) in [5.41, 5.74) is 5.28. The molecule has 0 aliphatic rings. The van der Waals surface area contributed by atoms with Crippen molar-refractivity contribution in [2.45, 2.75) is 12.5 Å². The quantitative estimate of drug-likeness (QED) is 0.784. The van der Waals surface area contributed by atoms with Crippen LogP contribution in [0.4, 0.5) is 13.2 Å². The van der Waals surface area contributed by atoms with E-state index in [9.17, 15) is 13.2 Å². The minimum atomic E-state index is -0.914. The summed E-state index contributed by atoms with van der Waals surface area (Å²) < 4.78 is 38.0. The second-order valence-electron chi connectivity index (χ2n) is 2.84. The van der Waals surface area contributed by atoms with E-state index in [0.717, 1.165) is 12.1 Å². The SMILES string of the molecule is N[C@@H](CCF)c1c(F)ccc(F)c1Cl. The minimum Gasteiger partial charge on any atom is -0.324 e. The molecule has 0 unspecified atom stereocenters. The van der Waals surface area contributed by atoms with Crippen molar-refractivity contribution in [3.05, 3.63) is 34.4 Å². The van der Waals surface area contributed by atoms with Crippen molar-refractivity contribution in [3.8, 4) is 0 Å². The van der Waals surface area contributed by atoms with Crippen LogP contribution in [0, 0.1) is 11.6 Å². The third-order valence-electron chi connectivity index (χ3n) is 1.87. The molecule has 0 aliphatic carbocycles. The third kappa shape index (κ3) is 2.19. The summed E-state index contributed by atoms with van der Waals surface area (Å²) in [6, 6.07) is 0.918. The van der Waals surface area contributed by atoms with E-state index in [1.807, 2.05) is 0 Å². The van der Waals surface area contributed by atoms with Crippen LogP contribution in [-0.2, 0) is 0 Å². The number of benzene rings is 1. The van der Waals surface area contributed by atoms with Gasteiger partial charge in [-0.25, -0.2) is 8.78 Å². The molecule has 0 fully saturated rings. The van der Waals surface area contributed by atoms with Gasteiger partial charge < -0.3 is 5.73 Å². The lowest BCUT2D eigenvalue weighted by Crippen LogP contribution is -2.14. The average molecular weight is 224 g/mol. The number of rotatable bonds is 3. The van der Waals surface area contributed by atoms with Crippen molar-refractivity contribution < 1.29 is 13.2 Å². The highest BCUT2D eigenvalue weighted by Gasteiger charge is 2.18. The van der Waals surface area contributed by atoms with Crippen LogP contribution in [0.15, 0.2) is 12.1 Å². The van der Waals surface area contributed by atoms with Gasteiger partial charge in [-0.05, 0) is 18.6 Å². The Labute approximate surface area is 84.7 Å². The second-order valence-corrected chi connectivity index (χ2v) is 3.22. The lowest BCUT2D eigenvalue weighted by Gasteiger charge is -2.13. The summed E-state index contributed by atoms with van der Waals surface area (Å²) in [5.74, 6) is -1.46. The van der Waals surface area contributed by atoms with Crippen molar-refractivity contribution in [2.24, 2.45) is 5.73 Å². The minimum absolute atomic E-state index is 0.0832. The fourth-order valence-electron chi connectivity index (χ4n) is 1.14. The van der Waals surface area contributed by atoms with E-state index in [2.05, 4.69) is 0 Å². The van der Waals surface area contributed by atoms with E-state index in [1.54, 1.807) is 0 Å². The van der Waals surface area contributed by atoms with Gasteiger partial charge in [0.05, 0.1) is 11.7 Å². The van der Waals surface area contributed by atoms with Crippen LogP contribution < -0.4 is 5.73 Å². The summed E-state index contributed by atoms with van der Waals surface area (Å²) >= 11 is 5.51. The van der Waals surface area contributed by atoms with Crippen molar-refractivity contribution in [1.29, 1.82) is 0 Å². The predicted octanol–water partition coefficient (Wildman–Crippen LogP) is 2.98. The Hall–Kier alpha value is -0.740. The number of hydrogen-bond acceptors (Lipinski definition) is 1. The molecule has 0 heterocycles. The third-order valence-corrected chi connectivity index (χ3v) is 2.25. The Balaban J connectivity index is 3.11. The molecule has 0 spiro atoms. The molecule has 1 nitrogen and oxygen atoms in total. The lowest BCUT2D eigenvalue weighted by atomic mass is 10.0. The van der Waals surface area contributed by atoms with Gasteiger partial charge in [0.15, 0.2) is 0 Å². The lowest BCUT2D eigenvalue weighted by molar-refractivity contribution is 0.434. The van der Waals surface area contributed by atoms with E-state index >= 15 is 0 Å². The molecule has 2 N–H and O–H groups in total. The highest BCUT2D eigenvalue weighted by molar-refractivity contribution is 6.31. The van der Waals surface area contributed by atoms with E-state index in [4.69, 9.17) is 17.3 Å². The fraction of sp³-hybridized carbons (Fsp3) is 0.333. The van der Waals surface area contributed by atoms with Gasteiger partial charge in [0.25, 0.3) is 0 Å². The predicted molar refractivity (Wildman–Crippen MR) is 48.9 cm³/mol. The smallest absolute Gasteiger partial charge is 0.142 e. The Morgan fingerprint density at radius 3 is 2.43 bits per heavy atom. The van der Waals surface area contributed by atoms with Gasteiger partial charge in [-0.1, -0.05) is 11.6 Å². The molecule has 0 saturated heterocycles. The Morgan fingerprint density at radius 2 is 1.86 bits per heavy atom. The van der Waals surface area contributed by atoms with Gasteiger partial charge in [0, 0.05) is 11.6 Å². The fourth-order valence-corrected chi connectivity index (χ4v) is 1.44. The van der Waals surface area contributed by atoms with E-state index in [-0.39, 0.29) is 17.0 Å². The van der Waals surface area contributed by atoms with Crippen LogP contribution in [0.3, 0.4) is 0 Å². The van der Waals surface area contributed by atoms with Crippen LogP contribution >= 0.6 is 11.6 Å². The van der Waals surface area contributed by atoms with Crippen molar-refractivity contribution in [1.82, 2.24) is 0 Å². The molecular weight excluding hydrogens is 215 g/mol. The number of hydrogen-bond donors (Lipinski definition) is 1. The molecule has 14 heavy (non-hydrogen) atoms. The molecule has 5 heteroatoms. The molecule has 0 aliphatic heterocycles. The Kier molecular flexibility index (Phi) is 3.77. The molecule has 0 aromatic heterocycles. The first-order valence-electron chi connectivity index (χ1n) is 4.03. The van der Waals surface area contributed by atoms with Crippen LogP contribution in [0.25, 0.3) is 0 Å². The maximum Gasteiger partial charge on any atom is 0.142 e. The average Bonchev–Trinajstić information content (AvgIpc) is 2.13. The molecule has 0 amide bonds. The second kappa shape index (κ2) is 4.66. The summed E-state index contributed by atoms with van der Waals surface area (Å²) in [4.78, 5) is 0. The molecule has 1 atom stereocenters.